The van der Waals surface area contributed by atoms with Gasteiger partial charge in [0.15, 0.2) is 0 Å². The van der Waals surface area contributed by atoms with Gasteiger partial charge in [0.2, 0.25) is 0 Å². The van der Waals surface area contributed by atoms with E-state index in [1.54, 1.807) is 6.08 Å². The van der Waals surface area contributed by atoms with Gasteiger partial charge in [0, 0.05) is 0 Å². The van der Waals surface area contributed by atoms with Crippen molar-refractivity contribution in [3.63, 3.8) is 0 Å². The van der Waals surface area contributed by atoms with E-state index in [4.69, 9.17) is 5.11 Å². The highest BCUT2D eigenvalue weighted by atomic mass is 32.1. The number of hydrogen-bond acceptors (Lipinski definition) is 2. The van der Waals surface area contributed by atoms with Gasteiger partial charge in [-0.05, 0) is 22.1 Å². The monoisotopic (exact) mass is 220 g/mol. The van der Waals surface area contributed by atoms with Gasteiger partial charge in [-0.1, -0.05) is 24.3 Å². The number of rotatable bonds is 2. The summed E-state index contributed by atoms with van der Waals surface area (Å²) in [6, 6.07) is 7.42. The number of aliphatic carboxylic acids is 1. The van der Waals surface area contributed by atoms with Crippen LogP contribution in [-0.2, 0) is 16.1 Å². The molecule has 1 aliphatic rings. The maximum absolute atomic E-state index is 10.8. The predicted molar refractivity (Wildman–Crippen MR) is 59.0 cm³/mol. The molecule has 0 unspecified atom stereocenters. The quantitative estimate of drug-likeness (QED) is 0.683. The number of carboxylic acid groups (broad SMARTS) is 1. The molecule has 1 aromatic carbocycles. The highest BCUT2D eigenvalue weighted by Gasteiger charge is 2.14. The molecule has 15 heavy (non-hydrogen) atoms. The molecular weight excluding hydrogens is 212 g/mol. The van der Waals surface area contributed by atoms with Crippen molar-refractivity contribution in [3.05, 3.63) is 34.7 Å². The maximum Gasteiger partial charge on any atom is 0.307 e. The number of hydrogen-bond donors (Lipinski definition) is 1. The van der Waals surface area contributed by atoms with Gasteiger partial charge in [-0.3, -0.25) is 4.79 Å². The minimum atomic E-state index is -0.915. The minimum Gasteiger partial charge on any atom is -0.481 e. The molecule has 0 bridgehead atoms. The minimum absolute atomic E-state index is 0.0991. The lowest BCUT2D eigenvalue weighted by molar-refractivity contribution is -0.135. The lowest BCUT2D eigenvalue weighted by Crippen LogP contribution is -2.22. The van der Waals surface area contributed by atoms with Crippen molar-refractivity contribution >= 4 is 33.7 Å². The Balaban J connectivity index is 2.74. The second-order valence-corrected chi connectivity index (χ2v) is 3.83. The van der Waals surface area contributed by atoms with Gasteiger partial charge in [-0.15, -0.1) is 0 Å². The van der Waals surface area contributed by atoms with E-state index in [0.29, 0.717) is 21.7 Å². The van der Waals surface area contributed by atoms with E-state index in [2.05, 4.69) is 0 Å². The van der Waals surface area contributed by atoms with Gasteiger partial charge in [-0.25, -0.2) is 4.21 Å². The molecule has 1 aliphatic carbocycles. The summed E-state index contributed by atoms with van der Waals surface area (Å²) >= 11 is 0.350. The van der Waals surface area contributed by atoms with Crippen LogP contribution in [0.4, 0.5) is 0 Å². The van der Waals surface area contributed by atoms with Gasteiger partial charge in [0.1, 0.15) is 0 Å². The summed E-state index contributed by atoms with van der Waals surface area (Å²) in [7, 11) is 0. The fraction of sp³-hybridized carbons (Fsp3) is 0.0909. The van der Waals surface area contributed by atoms with Crippen LogP contribution in [0, 0.1) is 0 Å². The summed E-state index contributed by atoms with van der Waals surface area (Å²) in [6.45, 7) is 0. The van der Waals surface area contributed by atoms with E-state index in [1.807, 2.05) is 24.3 Å². The van der Waals surface area contributed by atoms with Gasteiger partial charge >= 0.3 is 5.97 Å². The van der Waals surface area contributed by atoms with E-state index in [0.717, 1.165) is 10.4 Å². The summed E-state index contributed by atoms with van der Waals surface area (Å²) in [5.41, 5.74) is 0.623. The third kappa shape index (κ3) is 1.76. The fourth-order valence-electron chi connectivity index (χ4n) is 1.67. The van der Waals surface area contributed by atoms with Crippen LogP contribution in [0.15, 0.2) is 24.3 Å². The molecule has 0 atom stereocenters. The number of benzene rings is 1. The van der Waals surface area contributed by atoms with Crippen LogP contribution in [-0.4, -0.2) is 20.1 Å². The first-order valence-corrected chi connectivity index (χ1v) is 5.15. The molecule has 0 spiro atoms. The molecule has 3 nitrogen and oxygen atoms in total. The van der Waals surface area contributed by atoms with Crippen molar-refractivity contribution in [3.8, 4) is 0 Å². The van der Waals surface area contributed by atoms with E-state index in [9.17, 15) is 9.00 Å². The summed E-state index contributed by atoms with van der Waals surface area (Å²) in [4.78, 5) is 11.2. The second kappa shape index (κ2) is 3.82. The molecule has 0 saturated carbocycles. The maximum atomic E-state index is 10.8. The standard InChI is InChI=1S/C11H8O3S/c12-11(13)6-9-8-4-2-1-3-7(8)5-10(9)15-14/h1-5H,6H2,(H,12,13). The zero-order valence-corrected chi connectivity index (χ0v) is 8.58. The van der Waals surface area contributed by atoms with Crippen LogP contribution in [0.1, 0.15) is 6.42 Å². The first-order valence-electron chi connectivity index (χ1n) is 4.41. The second-order valence-electron chi connectivity index (χ2n) is 3.23. The average Bonchev–Trinajstić information content (AvgIpc) is 2.56. The first kappa shape index (κ1) is 9.86. The third-order valence-corrected chi connectivity index (χ3v) is 2.83. The third-order valence-electron chi connectivity index (χ3n) is 2.29. The summed E-state index contributed by atoms with van der Waals surface area (Å²) < 4.78 is 10.8. The molecule has 0 amide bonds. The van der Waals surface area contributed by atoms with Crippen LogP contribution in [0.2, 0.25) is 0 Å². The van der Waals surface area contributed by atoms with Crippen LogP contribution in [0.3, 0.4) is 0 Å². The molecule has 0 fully saturated rings. The Bertz CT molecular complexity index is 595. The Morgan fingerprint density at radius 2 is 2.07 bits per heavy atom. The van der Waals surface area contributed by atoms with E-state index < -0.39 is 5.97 Å². The SMILES string of the molecule is O=S=C1C=c2ccccc2=C1CC(=O)O. The van der Waals surface area contributed by atoms with Crippen molar-refractivity contribution < 1.29 is 14.1 Å². The fourth-order valence-corrected chi connectivity index (χ4v) is 2.12. The highest BCUT2D eigenvalue weighted by molar-refractivity contribution is 7.68. The topological polar surface area (TPSA) is 54.4 Å². The van der Waals surface area contributed by atoms with Gasteiger partial charge in [-0.2, -0.15) is 0 Å². The zero-order valence-electron chi connectivity index (χ0n) is 7.77. The number of carbonyl (C=O) groups is 1. The molecule has 1 N–H and O–H groups in total. The van der Waals surface area contributed by atoms with E-state index in [1.165, 1.54) is 0 Å². The predicted octanol–water partition coefficient (Wildman–Crippen LogP) is -0.508. The van der Waals surface area contributed by atoms with Crippen LogP contribution in [0.25, 0.3) is 11.6 Å². The van der Waals surface area contributed by atoms with Crippen molar-refractivity contribution in [1.29, 1.82) is 0 Å². The van der Waals surface area contributed by atoms with Crippen LogP contribution < -0.4 is 10.4 Å². The molecule has 76 valence electrons. The molecule has 0 saturated heterocycles. The van der Waals surface area contributed by atoms with Crippen molar-refractivity contribution in [1.82, 2.24) is 0 Å². The van der Waals surface area contributed by atoms with Crippen LogP contribution in [0.5, 0.6) is 0 Å². The Kier molecular flexibility index (Phi) is 2.51. The molecule has 2 rings (SSSR count). The molecular formula is C11H8O3S. The van der Waals surface area contributed by atoms with Crippen LogP contribution >= 0.6 is 0 Å². The van der Waals surface area contributed by atoms with Crippen molar-refractivity contribution in [2.24, 2.45) is 0 Å². The summed E-state index contributed by atoms with van der Waals surface area (Å²) in [6.07, 6.45) is 1.64. The molecule has 1 aromatic rings. The van der Waals surface area contributed by atoms with Gasteiger partial charge in [0.05, 0.1) is 22.5 Å². The van der Waals surface area contributed by atoms with Gasteiger partial charge < -0.3 is 5.11 Å². The van der Waals surface area contributed by atoms with Gasteiger partial charge in [0.25, 0.3) is 0 Å². The molecule has 0 heterocycles. The Morgan fingerprint density at radius 1 is 1.33 bits per heavy atom. The summed E-state index contributed by atoms with van der Waals surface area (Å²) in [5, 5.41) is 10.5. The van der Waals surface area contributed by atoms with E-state index in [-0.39, 0.29) is 6.42 Å². The molecule has 0 aromatic heterocycles. The smallest absolute Gasteiger partial charge is 0.307 e. The zero-order chi connectivity index (χ0) is 10.8. The molecule has 4 heteroatoms. The molecule has 0 aliphatic heterocycles. The highest BCUT2D eigenvalue weighted by Crippen LogP contribution is 2.06. The number of carboxylic acids is 1. The summed E-state index contributed by atoms with van der Waals surface area (Å²) in [5.74, 6) is -0.915. The Labute approximate surface area is 89.4 Å². The largest absolute Gasteiger partial charge is 0.481 e. The van der Waals surface area contributed by atoms with Crippen molar-refractivity contribution in [2.45, 2.75) is 6.42 Å². The lowest BCUT2D eigenvalue weighted by Gasteiger charge is -1.96. The van der Waals surface area contributed by atoms with Crippen molar-refractivity contribution in [2.75, 3.05) is 0 Å². The lowest BCUT2D eigenvalue weighted by atomic mass is 10.1. The number of fused-ring (bicyclic) bond motifs is 1. The molecule has 0 radical (unpaired) electrons. The normalized spacial score (nSPS) is 13.3. The average molecular weight is 220 g/mol. The van der Waals surface area contributed by atoms with E-state index >= 15 is 0 Å². The Morgan fingerprint density at radius 3 is 2.73 bits per heavy atom. The first-order chi connectivity index (χ1) is 7.22. The Hall–Kier alpha value is -1.68.